The quantitative estimate of drug-likeness (QED) is 0.770. The maximum Gasteiger partial charge on any atom is 0.252 e. The van der Waals surface area contributed by atoms with Crippen molar-refractivity contribution in [2.45, 2.75) is 6.10 Å². The molecule has 6 heteroatoms. The van der Waals surface area contributed by atoms with Gasteiger partial charge in [0.25, 0.3) is 5.91 Å². The molecule has 0 bridgehead atoms. The lowest BCUT2D eigenvalue weighted by Crippen LogP contribution is -2.34. The number of ether oxygens (including phenoxy) is 2. The minimum absolute atomic E-state index is 0.0218. The van der Waals surface area contributed by atoms with E-state index >= 15 is 0 Å². The Morgan fingerprint density at radius 2 is 2.47 bits per heavy atom. The number of amides is 1. The molecule has 3 N–H and O–H groups in total. The number of primary amides is 1. The third kappa shape index (κ3) is 3.15. The summed E-state index contributed by atoms with van der Waals surface area (Å²) in [5.41, 5.74) is 5.63. The maximum atomic E-state index is 11.2. The second-order valence-corrected chi connectivity index (χ2v) is 3.71. The van der Waals surface area contributed by atoms with E-state index < -0.39 is 5.91 Å². The van der Waals surface area contributed by atoms with Crippen LogP contribution in [0.15, 0.2) is 18.3 Å². The van der Waals surface area contributed by atoms with Crippen molar-refractivity contribution >= 4 is 11.7 Å². The Balaban J connectivity index is 1.96. The molecule has 2 heterocycles. The molecule has 92 valence electrons. The van der Waals surface area contributed by atoms with Gasteiger partial charge in [-0.2, -0.15) is 0 Å². The second kappa shape index (κ2) is 5.60. The second-order valence-electron chi connectivity index (χ2n) is 3.71. The number of anilines is 1. The van der Waals surface area contributed by atoms with Gasteiger partial charge in [0.15, 0.2) is 0 Å². The summed E-state index contributed by atoms with van der Waals surface area (Å²) in [5, 5.41) is 3.05. The number of pyridine rings is 1. The van der Waals surface area contributed by atoms with E-state index in [1.165, 1.54) is 0 Å². The van der Waals surface area contributed by atoms with Crippen molar-refractivity contribution in [1.29, 1.82) is 0 Å². The van der Waals surface area contributed by atoms with Gasteiger partial charge in [0.2, 0.25) is 0 Å². The molecule has 1 saturated heterocycles. The topological polar surface area (TPSA) is 86.5 Å². The normalized spacial score (nSPS) is 19.9. The molecule has 1 fully saturated rings. The molecule has 2 rings (SSSR count). The lowest BCUT2D eigenvalue weighted by Gasteiger charge is -2.23. The molecule has 6 nitrogen and oxygen atoms in total. The summed E-state index contributed by atoms with van der Waals surface area (Å²) in [6, 6.07) is 3.31. The number of nitrogens with one attached hydrogen (secondary N) is 1. The molecule has 17 heavy (non-hydrogen) atoms. The van der Waals surface area contributed by atoms with E-state index in [1.807, 2.05) is 0 Å². The van der Waals surface area contributed by atoms with E-state index in [2.05, 4.69) is 10.3 Å². The monoisotopic (exact) mass is 237 g/mol. The zero-order valence-electron chi connectivity index (χ0n) is 9.39. The summed E-state index contributed by atoms with van der Waals surface area (Å²) in [6.45, 7) is 2.31. The van der Waals surface area contributed by atoms with Crippen molar-refractivity contribution in [2.24, 2.45) is 5.73 Å². The van der Waals surface area contributed by atoms with E-state index in [0.717, 1.165) is 0 Å². The molecule has 1 aliphatic heterocycles. The van der Waals surface area contributed by atoms with Gasteiger partial charge < -0.3 is 20.5 Å². The average molecular weight is 237 g/mol. The Kier molecular flexibility index (Phi) is 3.89. The summed E-state index contributed by atoms with van der Waals surface area (Å²) in [7, 11) is 0. The van der Waals surface area contributed by atoms with Gasteiger partial charge >= 0.3 is 0 Å². The summed E-state index contributed by atoms with van der Waals surface area (Å²) >= 11 is 0. The van der Waals surface area contributed by atoms with Crippen molar-refractivity contribution in [1.82, 2.24) is 4.98 Å². The van der Waals surface area contributed by atoms with E-state index in [9.17, 15) is 4.79 Å². The largest absolute Gasteiger partial charge is 0.376 e. The SMILES string of the molecule is NC(=O)c1cccnc1NCC1COCCO1. The molecular formula is C11H15N3O3. The molecule has 0 aromatic carbocycles. The average Bonchev–Trinajstić information content (AvgIpc) is 2.38. The van der Waals surface area contributed by atoms with E-state index in [-0.39, 0.29) is 6.10 Å². The van der Waals surface area contributed by atoms with Crippen LogP contribution in [0.3, 0.4) is 0 Å². The van der Waals surface area contributed by atoms with Crippen LogP contribution in [-0.2, 0) is 9.47 Å². The van der Waals surface area contributed by atoms with Crippen LogP contribution < -0.4 is 11.1 Å². The van der Waals surface area contributed by atoms with E-state index in [0.29, 0.717) is 37.7 Å². The highest BCUT2D eigenvalue weighted by Gasteiger charge is 2.15. The zero-order chi connectivity index (χ0) is 12.1. The highest BCUT2D eigenvalue weighted by Crippen LogP contribution is 2.11. The fraction of sp³-hybridized carbons (Fsp3) is 0.455. The van der Waals surface area contributed by atoms with Crippen LogP contribution in [0, 0.1) is 0 Å². The van der Waals surface area contributed by atoms with Crippen LogP contribution in [0.4, 0.5) is 5.82 Å². The molecule has 1 aromatic rings. The van der Waals surface area contributed by atoms with Gasteiger partial charge in [-0.1, -0.05) is 0 Å². The Hall–Kier alpha value is -1.66. The fourth-order valence-electron chi connectivity index (χ4n) is 1.61. The number of carbonyl (C=O) groups excluding carboxylic acids is 1. The standard InChI is InChI=1S/C11H15N3O3/c12-10(15)9-2-1-3-13-11(9)14-6-8-7-16-4-5-17-8/h1-3,8H,4-7H2,(H2,12,15)(H,13,14). The first-order valence-corrected chi connectivity index (χ1v) is 5.45. The molecule has 0 saturated carbocycles. The van der Waals surface area contributed by atoms with Gasteiger partial charge in [-0.25, -0.2) is 4.98 Å². The number of hydrogen-bond donors (Lipinski definition) is 2. The molecule has 0 spiro atoms. The third-order valence-electron chi connectivity index (χ3n) is 2.46. The number of aromatic nitrogens is 1. The minimum Gasteiger partial charge on any atom is -0.376 e. The molecule has 1 atom stereocenters. The fourth-order valence-corrected chi connectivity index (χ4v) is 1.61. The minimum atomic E-state index is -0.499. The molecule has 1 amide bonds. The summed E-state index contributed by atoms with van der Waals surface area (Å²) in [4.78, 5) is 15.2. The van der Waals surface area contributed by atoms with Crippen LogP contribution in [0.1, 0.15) is 10.4 Å². The highest BCUT2D eigenvalue weighted by molar-refractivity contribution is 5.97. The summed E-state index contributed by atoms with van der Waals surface area (Å²) < 4.78 is 10.7. The van der Waals surface area contributed by atoms with Crippen LogP contribution in [0.2, 0.25) is 0 Å². The predicted octanol–water partition coefficient (Wildman–Crippen LogP) is 0.00780. The van der Waals surface area contributed by atoms with E-state index in [4.69, 9.17) is 15.2 Å². The lowest BCUT2D eigenvalue weighted by molar-refractivity contribution is -0.0819. The van der Waals surface area contributed by atoms with Crippen LogP contribution in [-0.4, -0.2) is 43.4 Å². The van der Waals surface area contributed by atoms with Crippen molar-refractivity contribution < 1.29 is 14.3 Å². The molecule has 0 aliphatic carbocycles. The van der Waals surface area contributed by atoms with Crippen LogP contribution in [0.25, 0.3) is 0 Å². The Bertz CT molecular complexity index is 391. The molecule has 1 aromatic heterocycles. The van der Waals surface area contributed by atoms with Crippen LogP contribution in [0.5, 0.6) is 0 Å². The Labute approximate surface area is 99.1 Å². The highest BCUT2D eigenvalue weighted by atomic mass is 16.6. The van der Waals surface area contributed by atoms with Gasteiger partial charge in [0, 0.05) is 12.7 Å². The Morgan fingerprint density at radius 1 is 1.59 bits per heavy atom. The van der Waals surface area contributed by atoms with Gasteiger partial charge in [0.05, 0.1) is 31.5 Å². The van der Waals surface area contributed by atoms with Gasteiger partial charge in [0.1, 0.15) is 5.82 Å². The number of nitrogens with zero attached hydrogens (tertiary/aromatic N) is 1. The summed E-state index contributed by atoms with van der Waals surface area (Å²) in [5.74, 6) is -0.0180. The number of nitrogens with two attached hydrogens (primary N) is 1. The third-order valence-corrected chi connectivity index (χ3v) is 2.46. The number of carbonyl (C=O) groups is 1. The first kappa shape index (κ1) is 11.8. The van der Waals surface area contributed by atoms with Crippen molar-refractivity contribution in [3.63, 3.8) is 0 Å². The van der Waals surface area contributed by atoms with Crippen molar-refractivity contribution in [2.75, 3.05) is 31.7 Å². The van der Waals surface area contributed by atoms with Gasteiger partial charge in [-0.15, -0.1) is 0 Å². The lowest BCUT2D eigenvalue weighted by atomic mass is 10.2. The molecule has 0 radical (unpaired) electrons. The van der Waals surface area contributed by atoms with Gasteiger partial charge in [-0.05, 0) is 12.1 Å². The summed E-state index contributed by atoms with van der Waals surface area (Å²) in [6.07, 6.45) is 1.58. The smallest absolute Gasteiger partial charge is 0.252 e. The predicted molar refractivity (Wildman–Crippen MR) is 61.8 cm³/mol. The number of rotatable bonds is 4. The maximum absolute atomic E-state index is 11.2. The van der Waals surface area contributed by atoms with Crippen LogP contribution >= 0.6 is 0 Å². The molecular weight excluding hydrogens is 222 g/mol. The zero-order valence-corrected chi connectivity index (χ0v) is 9.39. The first-order valence-electron chi connectivity index (χ1n) is 5.45. The Morgan fingerprint density at radius 3 is 3.18 bits per heavy atom. The van der Waals surface area contributed by atoms with Crippen molar-refractivity contribution in [3.05, 3.63) is 23.9 Å². The first-order chi connectivity index (χ1) is 8.27. The molecule has 1 aliphatic rings. The van der Waals surface area contributed by atoms with E-state index in [1.54, 1.807) is 18.3 Å². The number of hydrogen-bond acceptors (Lipinski definition) is 5. The van der Waals surface area contributed by atoms with Crippen molar-refractivity contribution in [3.8, 4) is 0 Å². The van der Waals surface area contributed by atoms with Gasteiger partial charge in [-0.3, -0.25) is 4.79 Å². The molecule has 1 unspecified atom stereocenters.